The fraction of sp³-hybridized carbons (Fsp3) is 0.273. The molecule has 94 valence electrons. The minimum Gasteiger partial charge on any atom is -0.370 e. The molecule has 7 nitrogen and oxygen atoms in total. The molecule has 0 saturated carbocycles. The van der Waals surface area contributed by atoms with Crippen LogP contribution in [0.5, 0.6) is 0 Å². The Hall–Kier alpha value is -2.44. The van der Waals surface area contributed by atoms with E-state index in [0.29, 0.717) is 6.54 Å². The highest BCUT2D eigenvalue weighted by Gasteiger charge is 2.08. The molecule has 0 aliphatic carbocycles. The van der Waals surface area contributed by atoms with Gasteiger partial charge in [-0.15, -0.1) is 0 Å². The zero-order chi connectivity index (χ0) is 13.0. The molecule has 0 atom stereocenters. The van der Waals surface area contributed by atoms with Gasteiger partial charge in [0.2, 0.25) is 0 Å². The first-order chi connectivity index (χ1) is 8.69. The van der Waals surface area contributed by atoms with E-state index in [-0.39, 0.29) is 5.69 Å². The molecule has 0 spiro atoms. The Morgan fingerprint density at radius 2 is 2.28 bits per heavy atom. The predicted octanol–water partition coefficient (Wildman–Crippen LogP) is 1.67. The summed E-state index contributed by atoms with van der Waals surface area (Å²) in [4.78, 5) is 14.3. The van der Waals surface area contributed by atoms with Gasteiger partial charge in [0.1, 0.15) is 18.2 Å². The van der Waals surface area contributed by atoms with E-state index in [2.05, 4.69) is 15.4 Å². The van der Waals surface area contributed by atoms with Crippen molar-refractivity contribution in [2.75, 3.05) is 11.9 Å². The Kier molecular flexibility index (Phi) is 3.52. The van der Waals surface area contributed by atoms with E-state index in [0.717, 1.165) is 17.9 Å². The van der Waals surface area contributed by atoms with E-state index in [1.807, 2.05) is 19.1 Å². The van der Waals surface area contributed by atoms with Crippen molar-refractivity contribution >= 4 is 11.5 Å². The summed E-state index contributed by atoms with van der Waals surface area (Å²) in [7, 11) is 0. The predicted molar refractivity (Wildman–Crippen MR) is 66.4 cm³/mol. The van der Waals surface area contributed by atoms with Crippen molar-refractivity contribution in [3.05, 3.63) is 46.4 Å². The summed E-state index contributed by atoms with van der Waals surface area (Å²) in [6.45, 7) is 3.28. The lowest BCUT2D eigenvalue weighted by Crippen LogP contribution is -2.02. The van der Waals surface area contributed by atoms with Crippen LogP contribution in [0.2, 0.25) is 0 Å². The molecule has 2 aromatic heterocycles. The molecule has 0 aromatic carbocycles. The van der Waals surface area contributed by atoms with Crippen LogP contribution in [-0.2, 0) is 6.54 Å². The van der Waals surface area contributed by atoms with Gasteiger partial charge in [-0.05, 0) is 18.6 Å². The van der Waals surface area contributed by atoms with Gasteiger partial charge < -0.3 is 5.32 Å². The third kappa shape index (κ3) is 2.82. The van der Waals surface area contributed by atoms with Crippen LogP contribution >= 0.6 is 0 Å². The average molecular weight is 247 g/mol. The summed E-state index contributed by atoms with van der Waals surface area (Å²) >= 11 is 0. The van der Waals surface area contributed by atoms with Crippen molar-refractivity contribution in [2.45, 2.75) is 13.5 Å². The van der Waals surface area contributed by atoms with Gasteiger partial charge in [-0.25, -0.2) is 4.98 Å². The Labute approximate surface area is 104 Å². The maximum Gasteiger partial charge on any atom is 0.307 e. The molecular formula is C11H13N5O2. The molecule has 2 rings (SSSR count). The second-order valence-electron chi connectivity index (χ2n) is 3.74. The fourth-order valence-corrected chi connectivity index (χ4v) is 1.52. The van der Waals surface area contributed by atoms with Crippen LogP contribution in [0.4, 0.5) is 11.5 Å². The van der Waals surface area contributed by atoms with Crippen molar-refractivity contribution in [3.63, 3.8) is 0 Å². The monoisotopic (exact) mass is 247 g/mol. The maximum atomic E-state index is 10.5. The van der Waals surface area contributed by atoms with Crippen LogP contribution in [0.25, 0.3) is 0 Å². The number of nitrogens with one attached hydrogen (secondary N) is 1. The number of nitro groups is 1. The quantitative estimate of drug-likeness (QED) is 0.641. The van der Waals surface area contributed by atoms with Crippen LogP contribution in [0.3, 0.4) is 0 Å². The SMILES string of the molecule is CCNc1ccc(Cn2cc([N+](=O)[O-])cn2)cn1. The second kappa shape index (κ2) is 5.26. The maximum absolute atomic E-state index is 10.5. The minimum absolute atomic E-state index is 0.00720. The Bertz CT molecular complexity index is 535. The molecule has 2 aromatic rings. The van der Waals surface area contributed by atoms with E-state index in [9.17, 15) is 10.1 Å². The van der Waals surface area contributed by atoms with Crippen LogP contribution < -0.4 is 5.32 Å². The van der Waals surface area contributed by atoms with Gasteiger partial charge in [0.15, 0.2) is 0 Å². The smallest absolute Gasteiger partial charge is 0.307 e. The first-order valence-corrected chi connectivity index (χ1v) is 5.54. The number of nitrogens with zero attached hydrogens (tertiary/aromatic N) is 4. The minimum atomic E-state index is -0.462. The third-order valence-corrected chi connectivity index (χ3v) is 2.36. The van der Waals surface area contributed by atoms with E-state index < -0.39 is 4.92 Å². The van der Waals surface area contributed by atoms with Gasteiger partial charge >= 0.3 is 5.69 Å². The lowest BCUT2D eigenvalue weighted by molar-refractivity contribution is -0.385. The largest absolute Gasteiger partial charge is 0.370 e. The highest BCUT2D eigenvalue weighted by atomic mass is 16.6. The van der Waals surface area contributed by atoms with Crippen LogP contribution in [0.15, 0.2) is 30.7 Å². The molecule has 18 heavy (non-hydrogen) atoms. The van der Waals surface area contributed by atoms with Crippen molar-refractivity contribution in [2.24, 2.45) is 0 Å². The second-order valence-corrected chi connectivity index (χ2v) is 3.74. The van der Waals surface area contributed by atoms with Crippen molar-refractivity contribution in [1.29, 1.82) is 0 Å². The Balaban J connectivity index is 2.06. The summed E-state index contributed by atoms with van der Waals surface area (Å²) in [6.07, 6.45) is 4.37. The van der Waals surface area contributed by atoms with Crippen molar-refractivity contribution < 1.29 is 4.92 Å². The number of hydrogen-bond donors (Lipinski definition) is 1. The molecule has 0 aliphatic rings. The van der Waals surface area contributed by atoms with Crippen molar-refractivity contribution in [1.82, 2.24) is 14.8 Å². The number of anilines is 1. The summed E-state index contributed by atoms with van der Waals surface area (Å²) in [5.41, 5.74) is 0.932. The molecule has 0 fully saturated rings. The zero-order valence-electron chi connectivity index (χ0n) is 9.91. The lowest BCUT2D eigenvalue weighted by atomic mass is 10.3. The summed E-state index contributed by atoms with van der Waals surface area (Å²) < 4.78 is 1.52. The highest BCUT2D eigenvalue weighted by molar-refractivity contribution is 5.35. The summed E-state index contributed by atoms with van der Waals surface area (Å²) in [5.74, 6) is 0.813. The van der Waals surface area contributed by atoms with Gasteiger partial charge in [-0.3, -0.25) is 14.8 Å². The molecule has 0 saturated heterocycles. The van der Waals surface area contributed by atoms with Gasteiger partial charge in [0.25, 0.3) is 0 Å². The average Bonchev–Trinajstić information content (AvgIpc) is 2.81. The molecule has 0 radical (unpaired) electrons. The highest BCUT2D eigenvalue weighted by Crippen LogP contribution is 2.10. The van der Waals surface area contributed by atoms with Crippen LogP contribution in [-0.4, -0.2) is 26.2 Å². The van der Waals surface area contributed by atoms with E-state index in [4.69, 9.17) is 0 Å². The summed E-state index contributed by atoms with van der Waals surface area (Å²) in [5, 5.41) is 17.5. The number of rotatable bonds is 5. The van der Waals surface area contributed by atoms with Crippen LogP contribution in [0.1, 0.15) is 12.5 Å². The molecule has 0 aliphatic heterocycles. The van der Waals surface area contributed by atoms with Crippen molar-refractivity contribution in [3.8, 4) is 0 Å². The van der Waals surface area contributed by atoms with Gasteiger partial charge in [0, 0.05) is 12.7 Å². The number of hydrogen-bond acceptors (Lipinski definition) is 5. The topological polar surface area (TPSA) is 85.9 Å². The molecule has 7 heteroatoms. The van der Waals surface area contributed by atoms with Gasteiger partial charge in [0.05, 0.1) is 11.5 Å². The zero-order valence-corrected chi connectivity index (χ0v) is 9.91. The third-order valence-electron chi connectivity index (χ3n) is 2.36. The first-order valence-electron chi connectivity index (χ1n) is 5.54. The molecule has 0 bridgehead atoms. The Morgan fingerprint density at radius 3 is 2.83 bits per heavy atom. The molecule has 2 heterocycles. The fourth-order valence-electron chi connectivity index (χ4n) is 1.52. The van der Waals surface area contributed by atoms with E-state index in [1.54, 1.807) is 6.20 Å². The number of pyridine rings is 1. The normalized spacial score (nSPS) is 10.3. The molecule has 1 N–H and O–H groups in total. The standard InChI is InChI=1S/C11H13N5O2/c1-2-12-11-4-3-9(5-13-11)7-15-8-10(6-14-15)16(17)18/h3-6,8H,2,7H2,1H3,(H,12,13). The van der Waals surface area contributed by atoms with Gasteiger partial charge in [-0.2, -0.15) is 5.10 Å². The number of aromatic nitrogens is 3. The summed E-state index contributed by atoms with van der Waals surface area (Å²) in [6, 6.07) is 3.79. The van der Waals surface area contributed by atoms with E-state index in [1.165, 1.54) is 17.1 Å². The first kappa shape index (κ1) is 12.0. The van der Waals surface area contributed by atoms with E-state index >= 15 is 0 Å². The molecule has 0 unspecified atom stereocenters. The van der Waals surface area contributed by atoms with Crippen LogP contribution in [0, 0.1) is 10.1 Å². The molecular weight excluding hydrogens is 234 g/mol. The van der Waals surface area contributed by atoms with Gasteiger partial charge in [-0.1, -0.05) is 6.07 Å². The Morgan fingerprint density at radius 1 is 1.44 bits per heavy atom. The lowest BCUT2D eigenvalue weighted by Gasteiger charge is -2.04. The molecule has 0 amide bonds.